The van der Waals surface area contributed by atoms with Crippen molar-refractivity contribution in [1.82, 2.24) is 4.90 Å². The van der Waals surface area contributed by atoms with Gasteiger partial charge in [-0.25, -0.2) is 4.99 Å². The molecule has 0 fully saturated rings. The topological polar surface area (TPSA) is 15.6 Å². The average Bonchev–Trinajstić information content (AvgIpc) is 1.85. The Morgan fingerprint density at radius 3 is 2.08 bits per heavy atom. The van der Waals surface area contributed by atoms with Crippen LogP contribution in [0.2, 0.25) is 0 Å². The van der Waals surface area contributed by atoms with Crippen molar-refractivity contribution in [3.8, 4) is 0 Å². The van der Waals surface area contributed by atoms with E-state index in [9.17, 15) is 0 Å². The summed E-state index contributed by atoms with van der Waals surface area (Å²) in [7, 11) is 10.3. The molecule has 0 aromatic carbocycles. The van der Waals surface area contributed by atoms with Crippen LogP contribution in [0.1, 0.15) is 13.3 Å². The van der Waals surface area contributed by atoms with Gasteiger partial charge in [0.15, 0.2) is 0 Å². The predicted octanol–water partition coefficient (Wildman–Crippen LogP) is 1.02. The van der Waals surface area contributed by atoms with Gasteiger partial charge in [0.05, 0.1) is 21.1 Å². The lowest BCUT2D eigenvalue weighted by molar-refractivity contribution is -0.782. The molecule has 0 unspecified atom stereocenters. The first-order valence-electron chi connectivity index (χ1n) is 4.43. The SMILES string of the molecule is CCCN(C)C(=NC)[N+](C)(C)C. The third-order valence-electron chi connectivity index (χ3n) is 1.70. The Labute approximate surface area is 76.3 Å². The Kier molecular flexibility index (Phi) is 4.24. The number of rotatable bonds is 2. The van der Waals surface area contributed by atoms with Crippen molar-refractivity contribution in [2.45, 2.75) is 13.3 Å². The number of hydrogen-bond donors (Lipinski definition) is 0. The summed E-state index contributed by atoms with van der Waals surface area (Å²) in [6.45, 7) is 3.25. The van der Waals surface area contributed by atoms with Crippen molar-refractivity contribution in [1.29, 1.82) is 0 Å². The van der Waals surface area contributed by atoms with E-state index >= 15 is 0 Å². The first kappa shape index (κ1) is 11.4. The van der Waals surface area contributed by atoms with E-state index in [4.69, 9.17) is 0 Å². The minimum absolute atomic E-state index is 0.785. The van der Waals surface area contributed by atoms with Crippen LogP contribution in [-0.4, -0.2) is 57.1 Å². The molecular weight excluding hydrogens is 150 g/mol. The molecule has 0 spiro atoms. The van der Waals surface area contributed by atoms with Gasteiger partial charge in [-0.05, 0) is 6.42 Å². The maximum Gasteiger partial charge on any atom is 0.299 e. The van der Waals surface area contributed by atoms with Crippen LogP contribution < -0.4 is 0 Å². The van der Waals surface area contributed by atoms with Crippen LogP contribution in [-0.2, 0) is 0 Å². The molecule has 0 saturated heterocycles. The van der Waals surface area contributed by atoms with Gasteiger partial charge in [0.25, 0.3) is 5.96 Å². The second-order valence-electron chi connectivity index (χ2n) is 3.96. The molecule has 0 bridgehead atoms. The van der Waals surface area contributed by atoms with Crippen LogP contribution >= 0.6 is 0 Å². The Bertz CT molecular complexity index is 156. The molecule has 72 valence electrons. The molecule has 0 aliphatic rings. The number of nitrogens with zero attached hydrogens (tertiary/aromatic N) is 3. The van der Waals surface area contributed by atoms with E-state index in [1.807, 2.05) is 7.05 Å². The van der Waals surface area contributed by atoms with Gasteiger partial charge in [0.1, 0.15) is 0 Å². The van der Waals surface area contributed by atoms with Gasteiger partial charge < -0.3 is 4.90 Å². The fourth-order valence-corrected chi connectivity index (χ4v) is 1.42. The number of guanidine groups is 1. The molecular formula is C9H22N3+. The second-order valence-corrected chi connectivity index (χ2v) is 3.96. The van der Waals surface area contributed by atoms with Crippen LogP contribution in [0, 0.1) is 0 Å². The molecule has 0 N–H and O–H groups in total. The minimum atomic E-state index is 0.785. The fourth-order valence-electron chi connectivity index (χ4n) is 1.42. The summed E-state index contributed by atoms with van der Waals surface area (Å²) in [4.78, 5) is 6.50. The van der Waals surface area contributed by atoms with Crippen molar-refractivity contribution in [2.24, 2.45) is 4.99 Å². The van der Waals surface area contributed by atoms with Gasteiger partial charge in [0, 0.05) is 20.6 Å². The molecule has 0 heterocycles. The maximum absolute atomic E-state index is 4.29. The molecule has 0 aromatic rings. The number of hydrogen-bond acceptors (Lipinski definition) is 1. The summed E-state index contributed by atoms with van der Waals surface area (Å²) < 4.78 is 0.785. The average molecular weight is 172 g/mol. The largest absolute Gasteiger partial charge is 0.314 e. The predicted molar refractivity (Wildman–Crippen MR) is 54.3 cm³/mol. The normalized spacial score (nSPS) is 13.3. The van der Waals surface area contributed by atoms with Gasteiger partial charge in [-0.1, -0.05) is 6.92 Å². The standard InChI is InChI=1S/C9H22N3/c1-7-8-11(3)9(10-2)12(4,5)6/h7-8H2,1-6H3/q+1. The van der Waals surface area contributed by atoms with Crippen LogP contribution in [0.25, 0.3) is 0 Å². The van der Waals surface area contributed by atoms with E-state index < -0.39 is 0 Å². The van der Waals surface area contributed by atoms with Gasteiger partial charge in [-0.3, -0.25) is 4.48 Å². The van der Waals surface area contributed by atoms with Crippen molar-refractivity contribution >= 4 is 5.96 Å². The highest BCUT2D eigenvalue weighted by molar-refractivity contribution is 5.72. The van der Waals surface area contributed by atoms with Crippen LogP contribution in [0.4, 0.5) is 0 Å². The Morgan fingerprint density at radius 2 is 1.83 bits per heavy atom. The Balaban J connectivity index is 4.37. The smallest absolute Gasteiger partial charge is 0.299 e. The van der Waals surface area contributed by atoms with E-state index in [0.717, 1.165) is 23.4 Å². The lowest BCUT2D eigenvalue weighted by Crippen LogP contribution is -2.50. The summed E-state index contributed by atoms with van der Waals surface area (Å²) in [5, 5.41) is 0. The molecule has 3 heteroatoms. The molecule has 0 rings (SSSR count). The molecule has 0 aliphatic heterocycles. The number of quaternary nitrogens is 1. The zero-order valence-corrected chi connectivity index (χ0v) is 9.26. The summed E-state index contributed by atoms with van der Waals surface area (Å²) in [6.07, 6.45) is 1.16. The molecule has 0 aliphatic carbocycles. The molecule has 0 saturated carbocycles. The van der Waals surface area contributed by atoms with Gasteiger partial charge in [0.2, 0.25) is 0 Å². The van der Waals surface area contributed by atoms with Crippen LogP contribution in [0.3, 0.4) is 0 Å². The monoisotopic (exact) mass is 172 g/mol. The third-order valence-corrected chi connectivity index (χ3v) is 1.70. The van der Waals surface area contributed by atoms with E-state index in [2.05, 4.69) is 45.0 Å². The molecule has 0 atom stereocenters. The van der Waals surface area contributed by atoms with Gasteiger partial charge >= 0.3 is 0 Å². The maximum atomic E-state index is 4.29. The van der Waals surface area contributed by atoms with E-state index in [1.165, 1.54) is 0 Å². The second kappa shape index (κ2) is 4.45. The lowest BCUT2D eigenvalue weighted by atomic mass is 10.4. The van der Waals surface area contributed by atoms with Gasteiger partial charge in [-0.2, -0.15) is 0 Å². The molecule has 12 heavy (non-hydrogen) atoms. The van der Waals surface area contributed by atoms with E-state index in [-0.39, 0.29) is 0 Å². The lowest BCUT2D eigenvalue weighted by Gasteiger charge is -2.30. The fraction of sp³-hybridized carbons (Fsp3) is 0.889. The quantitative estimate of drug-likeness (QED) is 0.345. The number of aliphatic imine (C=N–C) groups is 1. The molecule has 0 aromatic heterocycles. The highest BCUT2D eigenvalue weighted by Gasteiger charge is 2.20. The molecule has 3 nitrogen and oxygen atoms in total. The zero-order valence-electron chi connectivity index (χ0n) is 9.26. The molecule has 0 amide bonds. The Morgan fingerprint density at radius 1 is 1.33 bits per heavy atom. The zero-order chi connectivity index (χ0) is 9.78. The van der Waals surface area contributed by atoms with E-state index in [1.54, 1.807) is 0 Å². The summed E-state index contributed by atoms with van der Waals surface area (Å²) in [6, 6.07) is 0. The van der Waals surface area contributed by atoms with Crippen LogP contribution in [0.5, 0.6) is 0 Å². The Hall–Kier alpha value is -0.570. The van der Waals surface area contributed by atoms with E-state index in [0.29, 0.717) is 0 Å². The highest BCUT2D eigenvalue weighted by atomic mass is 15.4. The van der Waals surface area contributed by atoms with Crippen molar-refractivity contribution in [3.63, 3.8) is 0 Å². The first-order valence-corrected chi connectivity index (χ1v) is 4.43. The van der Waals surface area contributed by atoms with Crippen molar-refractivity contribution < 1.29 is 4.48 Å². The first-order chi connectivity index (χ1) is 5.43. The summed E-state index contributed by atoms with van der Waals surface area (Å²) in [5.41, 5.74) is 0. The third kappa shape index (κ3) is 3.22. The van der Waals surface area contributed by atoms with Gasteiger partial charge in [-0.15, -0.1) is 0 Å². The highest BCUT2D eigenvalue weighted by Crippen LogP contribution is 2.00. The van der Waals surface area contributed by atoms with Crippen molar-refractivity contribution in [2.75, 3.05) is 41.8 Å². The van der Waals surface area contributed by atoms with Crippen molar-refractivity contribution in [3.05, 3.63) is 0 Å². The summed E-state index contributed by atoms with van der Waals surface area (Å²) in [5.74, 6) is 1.12. The van der Waals surface area contributed by atoms with Crippen LogP contribution in [0.15, 0.2) is 4.99 Å². The minimum Gasteiger partial charge on any atom is -0.314 e. The summed E-state index contributed by atoms with van der Waals surface area (Å²) >= 11 is 0. The molecule has 0 radical (unpaired) electrons.